The molecule has 0 bridgehead atoms. The van der Waals surface area contributed by atoms with Crippen molar-refractivity contribution in [2.24, 2.45) is 5.92 Å². The van der Waals surface area contributed by atoms with Crippen LogP contribution in [0.5, 0.6) is 0 Å². The van der Waals surface area contributed by atoms with Crippen LogP contribution in [0, 0.1) is 11.7 Å². The molecule has 20 heavy (non-hydrogen) atoms. The molecule has 1 aliphatic carbocycles. The number of sulfonamides is 1. The average molecular weight is 300 g/mol. The maximum Gasteiger partial charge on any atom is 0.243 e. The van der Waals surface area contributed by atoms with Crippen LogP contribution in [0.1, 0.15) is 32.3 Å². The molecule has 0 saturated heterocycles. The summed E-state index contributed by atoms with van der Waals surface area (Å²) in [5.41, 5.74) is 0.737. The molecule has 0 unspecified atom stereocenters. The Morgan fingerprint density at radius 3 is 2.60 bits per heavy atom. The predicted molar refractivity (Wildman–Crippen MR) is 76.3 cm³/mol. The van der Waals surface area contributed by atoms with Gasteiger partial charge in [0.25, 0.3) is 0 Å². The fraction of sp³-hybridized carbons (Fsp3) is 0.571. The van der Waals surface area contributed by atoms with E-state index < -0.39 is 15.8 Å². The highest BCUT2D eigenvalue weighted by Crippen LogP contribution is 2.28. The fourth-order valence-electron chi connectivity index (χ4n) is 2.42. The molecule has 4 nitrogen and oxygen atoms in total. The van der Waals surface area contributed by atoms with Crippen LogP contribution in [0.2, 0.25) is 0 Å². The molecule has 1 aliphatic rings. The lowest BCUT2D eigenvalue weighted by Crippen LogP contribution is -2.43. The lowest BCUT2D eigenvalue weighted by atomic mass is 9.83. The van der Waals surface area contributed by atoms with Crippen LogP contribution in [-0.2, 0) is 16.6 Å². The molecule has 1 saturated carbocycles. The number of benzene rings is 1. The smallest absolute Gasteiger partial charge is 0.243 e. The van der Waals surface area contributed by atoms with E-state index in [1.165, 1.54) is 12.1 Å². The lowest BCUT2D eigenvalue weighted by molar-refractivity contribution is 0.270. The summed E-state index contributed by atoms with van der Waals surface area (Å²) in [5, 5.41) is 3.07. The van der Waals surface area contributed by atoms with Crippen molar-refractivity contribution in [3.8, 4) is 0 Å². The van der Waals surface area contributed by atoms with E-state index in [2.05, 4.69) is 17.0 Å². The van der Waals surface area contributed by atoms with Gasteiger partial charge in [-0.1, -0.05) is 19.9 Å². The van der Waals surface area contributed by atoms with Crippen LogP contribution in [0.25, 0.3) is 0 Å². The molecule has 2 N–H and O–H groups in total. The van der Waals surface area contributed by atoms with E-state index in [-0.39, 0.29) is 10.9 Å². The average Bonchev–Trinajstić information content (AvgIpc) is 2.34. The van der Waals surface area contributed by atoms with Crippen molar-refractivity contribution in [2.75, 3.05) is 6.54 Å². The number of rotatable bonds is 6. The van der Waals surface area contributed by atoms with Gasteiger partial charge in [0.15, 0.2) is 0 Å². The molecular formula is C14H21FN2O2S. The van der Waals surface area contributed by atoms with E-state index in [4.69, 9.17) is 0 Å². The summed E-state index contributed by atoms with van der Waals surface area (Å²) in [6.07, 6.45) is 1.64. The van der Waals surface area contributed by atoms with Crippen LogP contribution in [-0.4, -0.2) is 21.0 Å². The molecular weight excluding hydrogens is 279 g/mol. The minimum absolute atomic E-state index is 0.0594. The van der Waals surface area contributed by atoms with Crippen molar-refractivity contribution < 1.29 is 12.8 Å². The van der Waals surface area contributed by atoms with Gasteiger partial charge in [-0.15, -0.1) is 0 Å². The van der Waals surface area contributed by atoms with Gasteiger partial charge in [0.05, 0.1) is 0 Å². The molecule has 1 fully saturated rings. The van der Waals surface area contributed by atoms with E-state index in [9.17, 15) is 12.8 Å². The lowest BCUT2D eigenvalue weighted by Gasteiger charge is -2.32. The van der Waals surface area contributed by atoms with Crippen molar-refractivity contribution in [3.05, 3.63) is 29.6 Å². The number of halogens is 1. The number of hydrogen-bond acceptors (Lipinski definition) is 3. The Balaban J connectivity index is 2.11. The van der Waals surface area contributed by atoms with Gasteiger partial charge >= 0.3 is 0 Å². The van der Waals surface area contributed by atoms with Gasteiger partial charge in [-0.25, -0.2) is 17.5 Å². The van der Waals surface area contributed by atoms with Crippen molar-refractivity contribution >= 4 is 10.0 Å². The van der Waals surface area contributed by atoms with Crippen molar-refractivity contribution in [1.82, 2.24) is 10.0 Å². The number of nitrogens with one attached hydrogen (secondary N) is 2. The Morgan fingerprint density at radius 2 is 2.05 bits per heavy atom. The highest BCUT2D eigenvalue weighted by molar-refractivity contribution is 7.89. The molecule has 0 aliphatic heterocycles. The highest BCUT2D eigenvalue weighted by atomic mass is 32.2. The Kier molecular flexibility index (Phi) is 4.78. The minimum Gasteiger partial charge on any atom is -0.313 e. The summed E-state index contributed by atoms with van der Waals surface area (Å²) in [6, 6.07) is 4.20. The van der Waals surface area contributed by atoms with E-state index in [1.807, 2.05) is 6.92 Å². The Bertz CT molecular complexity index is 569. The third-order valence-electron chi connectivity index (χ3n) is 3.56. The maximum atomic E-state index is 14.0. The molecule has 0 amide bonds. The van der Waals surface area contributed by atoms with Gasteiger partial charge in [0, 0.05) is 12.6 Å². The molecule has 0 radical (unpaired) electrons. The van der Waals surface area contributed by atoms with Crippen LogP contribution >= 0.6 is 0 Å². The van der Waals surface area contributed by atoms with Gasteiger partial charge < -0.3 is 5.32 Å². The second kappa shape index (κ2) is 6.20. The largest absolute Gasteiger partial charge is 0.313 e. The standard InChI is InChI=1S/C14H21FN2O2S/c1-3-16-9-11-4-5-14(13(15)8-11)20(18,19)17-12-6-10(2)7-12/h4-5,8,10,12,16-17H,3,6-7,9H2,1-2H3. The monoisotopic (exact) mass is 300 g/mol. The first kappa shape index (κ1) is 15.4. The summed E-state index contributed by atoms with van der Waals surface area (Å²) < 4.78 is 40.8. The van der Waals surface area contributed by atoms with Crippen molar-refractivity contribution in [1.29, 1.82) is 0 Å². The quantitative estimate of drug-likeness (QED) is 0.845. The van der Waals surface area contributed by atoms with Gasteiger partial charge in [0.2, 0.25) is 10.0 Å². The maximum absolute atomic E-state index is 14.0. The van der Waals surface area contributed by atoms with E-state index in [0.717, 1.165) is 24.9 Å². The molecule has 1 aromatic carbocycles. The Hall–Kier alpha value is -0.980. The second-order valence-electron chi connectivity index (χ2n) is 5.44. The molecule has 6 heteroatoms. The van der Waals surface area contributed by atoms with Gasteiger partial charge in [0.1, 0.15) is 10.7 Å². The van der Waals surface area contributed by atoms with Crippen molar-refractivity contribution in [2.45, 2.75) is 44.2 Å². The third-order valence-corrected chi connectivity index (χ3v) is 5.11. The Morgan fingerprint density at radius 1 is 1.35 bits per heavy atom. The molecule has 0 atom stereocenters. The molecule has 2 rings (SSSR count). The van der Waals surface area contributed by atoms with Crippen LogP contribution in [0.4, 0.5) is 4.39 Å². The SMILES string of the molecule is CCNCc1ccc(S(=O)(=O)NC2CC(C)C2)c(F)c1. The first-order chi connectivity index (χ1) is 9.42. The fourth-order valence-corrected chi connectivity index (χ4v) is 3.74. The molecule has 0 heterocycles. The van der Waals surface area contributed by atoms with E-state index in [1.54, 1.807) is 6.07 Å². The zero-order chi connectivity index (χ0) is 14.8. The van der Waals surface area contributed by atoms with E-state index >= 15 is 0 Å². The van der Waals surface area contributed by atoms with Gasteiger partial charge in [-0.05, 0) is 43.0 Å². The van der Waals surface area contributed by atoms with E-state index in [0.29, 0.717) is 12.5 Å². The Labute approximate surface area is 119 Å². The van der Waals surface area contributed by atoms with Gasteiger partial charge in [-0.2, -0.15) is 0 Å². The minimum atomic E-state index is -3.76. The summed E-state index contributed by atoms with van der Waals surface area (Å²) in [4.78, 5) is -0.266. The zero-order valence-corrected chi connectivity index (χ0v) is 12.6. The first-order valence-electron chi connectivity index (χ1n) is 6.94. The topological polar surface area (TPSA) is 58.2 Å². The molecule has 112 valence electrons. The zero-order valence-electron chi connectivity index (χ0n) is 11.8. The summed E-state index contributed by atoms with van der Waals surface area (Å²) >= 11 is 0. The van der Waals surface area contributed by atoms with Crippen LogP contribution in [0.3, 0.4) is 0 Å². The van der Waals surface area contributed by atoms with Crippen molar-refractivity contribution in [3.63, 3.8) is 0 Å². The van der Waals surface area contributed by atoms with Gasteiger partial charge in [-0.3, -0.25) is 0 Å². The highest BCUT2D eigenvalue weighted by Gasteiger charge is 2.30. The normalized spacial score (nSPS) is 22.6. The second-order valence-corrected chi connectivity index (χ2v) is 7.12. The summed E-state index contributed by atoms with van der Waals surface area (Å²) in [6.45, 7) is 5.34. The molecule has 1 aromatic rings. The van der Waals surface area contributed by atoms with Crippen LogP contribution in [0.15, 0.2) is 23.1 Å². The predicted octanol–water partition coefficient (Wildman–Crippen LogP) is 2.01. The molecule has 0 spiro atoms. The third kappa shape index (κ3) is 3.56. The first-order valence-corrected chi connectivity index (χ1v) is 8.42. The summed E-state index contributed by atoms with van der Waals surface area (Å²) in [7, 11) is -3.76. The van der Waals surface area contributed by atoms with Crippen LogP contribution < -0.4 is 10.0 Å². The number of hydrogen-bond donors (Lipinski definition) is 2. The summed E-state index contributed by atoms with van der Waals surface area (Å²) in [5.74, 6) is -0.157. The molecule has 0 aromatic heterocycles.